The zero-order chi connectivity index (χ0) is 24.5. The van der Waals surface area contributed by atoms with Gasteiger partial charge < -0.3 is 4.57 Å². The molecule has 0 unspecified atom stereocenters. The van der Waals surface area contributed by atoms with Crippen molar-refractivity contribution < 1.29 is 4.79 Å². The molecule has 0 radical (unpaired) electrons. The second-order valence-electron chi connectivity index (χ2n) is 10.0. The summed E-state index contributed by atoms with van der Waals surface area (Å²) in [4.78, 5) is 21.8. The minimum Gasteiger partial charge on any atom is -0.318 e. The van der Waals surface area contributed by atoms with E-state index in [-0.39, 0.29) is 11.9 Å². The first-order valence-electron chi connectivity index (χ1n) is 12.9. The van der Waals surface area contributed by atoms with Crippen molar-refractivity contribution in [2.24, 2.45) is 4.99 Å². The summed E-state index contributed by atoms with van der Waals surface area (Å²) < 4.78 is 3.08. The number of nitrogens with zero attached hydrogens (tertiary/aromatic N) is 3. The summed E-state index contributed by atoms with van der Waals surface area (Å²) >= 11 is 11.4. The van der Waals surface area contributed by atoms with Gasteiger partial charge in [-0.2, -0.15) is 0 Å². The maximum Gasteiger partial charge on any atom is 0.267 e. The minimum atomic E-state index is 0.132. The quantitative estimate of drug-likeness (QED) is 0.344. The van der Waals surface area contributed by atoms with Crippen LogP contribution < -0.4 is 0 Å². The molecule has 1 amide bonds. The Bertz CT molecular complexity index is 1180. The number of aromatic nitrogens is 1. The topological polar surface area (TPSA) is 37.6 Å². The van der Waals surface area contributed by atoms with Crippen molar-refractivity contribution in [2.75, 3.05) is 0 Å². The van der Waals surface area contributed by atoms with Crippen LogP contribution in [0.4, 0.5) is 0 Å². The van der Waals surface area contributed by atoms with Crippen LogP contribution in [0.25, 0.3) is 11.8 Å². The molecule has 5 rings (SSSR count). The summed E-state index contributed by atoms with van der Waals surface area (Å²) in [6, 6.07) is 8.81. The van der Waals surface area contributed by atoms with Crippen molar-refractivity contribution >= 4 is 56.4 Å². The molecule has 186 valence electrons. The predicted molar refractivity (Wildman–Crippen MR) is 152 cm³/mol. The Hall–Kier alpha value is -1.50. The van der Waals surface area contributed by atoms with E-state index in [0.29, 0.717) is 11.1 Å². The van der Waals surface area contributed by atoms with Crippen LogP contribution in [0, 0.1) is 13.8 Å². The Morgan fingerprint density at radius 3 is 2.40 bits per heavy atom. The van der Waals surface area contributed by atoms with E-state index < -0.39 is 0 Å². The molecule has 35 heavy (non-hydrogen) atoms. The summed E-state index contributed by atoms with van der Waals surface area (Å²) in [5.41, 5.74) is 4.30. The first kappa shape index (κ1) is 25.2. The number of carbonyl (C=O) groups excluding carboxylic acids is 1. The van der Waals surface area contributed by atoms with Gasteiger partial charge in [0.2, 0.25) is 0 Å². The molecule has 1 saturated heterocycles. The van der Waals surface area contributed by atoms with E-state index in [2.05, 4.69) is 57.5 Å². The van der Waals surface area contributed by atoms with Gasteiger partial charge in [-0.05, 0) is 103 Å². The molecule has 1 aromatic heterocycles. The first-order chi connectivity index (χ1) is 16.9. The molecular formula is C28H33BrClN3OS. The van der Waals surface area contributed by atoms with Gasteiger partial charge in [-0.15, -0.1) is 0 Å². The highest BCUT2D eigenvalue weighted by Gasteiger charge is 2.39. The zero-order valence-corrected chi connectivity index (χ0v) is 23.7. The molecule has 4 nitrogen and oxygen atoms in total. The van der Waals surface area contributed by atoms with Gasteiger partial charge in [0.05, 0.1) is 16.0 Å². The molecule has 7 heteroatoms. The van der Waals surface area contributed by atoms with Crippen molar-refractivity contribution in [3.8, 4) is 5.69 Å². The van der Waals surface area contributed by atoms with Gasteiger partial charge >= 0.3 is 0 Å². The molecule has 1 aliphatic heterocycles. The highest BCUT2D eigenvalue weighted by Crippen LogP contribution is 2.39. The van der Waals surface area contributed by atoms with Crippen LogP contribution in [0.3, 0.4) is 0 Å². The summed E-state index contributed by atoms with van der Waals surface area (Å²) in [7, 11) is 0. The number of aryl methyl sites for hydroxylation is 1. The maximum atomic E-state index is 13.7. The summed E-state index contributed by atoms with van der Waals surface area (Å²) in [5.74, 6) is 0.132. The van der Waals surface area contributed by atoms with Gasteiger partial charge in [-0.25, -0.2) is 0 Å². The third-order valence-electron chi connectivity index (χ3n) is 7.56. The minimum absolute atomic E-state index is 0.132. The monoisotopic (exact) mass is 573 g/mol. The zero-order valence-electron chi connectivity index (χ0n) is 20.5. The molecule has 2 aliphatic carbocycles. The molecule has 3 aliphatic rings. The SMILES string of the molecule is Cc1cc(C=C2SC(=NC3CCCCC3)N(C3CCCCC3)C2=O)c(C)n1-c1ccc(Br)c(Cl)c1. The molecule has 2 aromatic rings. The van der Waals surface area contributed by atoms with Crippen LogP contribution in [0.5, 0.6) is 0 Å². The number of rotatable bonds is 4. The second kappa shape index (κ2) is 10.9. The lowest BCUT2D eigenvalue weighted by molar-refractivity contribution is -0.124. The van der Waals surface area contributed by atoms with Crippen molar-refractivity contribution in [1.29, 1.82) is 0 Å². The lowest BCUT2D eigenvalue weighted by Crippen LogP contribution is -2.41. The van der Waals surface area contributed by atoms with Crippen molar-refractivity contribution in [1.82, 2.24) is 9.47 Å². The number of amides is 1. The average Bonchev–Trinajstić information content (AvgIpc) is 3.31. The van der Waals surface area contributed by atoms with E-state index in [1.807, 2.05) is 12.1 Å². The van der Waals surface area contributed by atoms with Crippen LogP contribution in [0.15, 0.2) is 38.6 Å². The van der Waals surface area contributed by atoms with Crippen LogP contribution in [-0.2, 0) is 4.79 Å². The maximum absolute atomic E-state index is 13.7. The fourth-order valence-corrected chi connectivity index (χ4v) is 7.22. The number of carbonyl (C=O) groups is 1. The van der Waals surface area contributed by atoms with Gasteiger partial charge in [-0.1, -0.05) is 50.1 Å². The number of halogens is 2. The van der Waals surface area contributed by atoms with Gasteiger partial charge in [-0.3, -0.25) is 14.7 Å². The average molecular weight is 575 g/mol. The van der Waals surface area contributed by atoms with Gasteiger partial charge in [0.1, 0.15) is 0 Å². The van der Waals surface area contributed by atoms with Crippen LogP contribution >= 0.6 is 39.3 Å². The standard InChI is InChI=1S/C28H33BrClN3OS/c1-18-15-20(19(2)32(18)23-13-14-24(29)25(30)17-23)16-26-27(34)33(22-11-7-4-8-12-22)28(35-26)31-21-9-5-3-6-10-21/h13-17,21-22H,3-12H2,1-2H3. The van der Waals surface area contributed by atoms with Gasteiger partial charge in [0.25, 0.3) is 5.91 Å². The number of thioether (sulfide) groups is 1. The van der Waals surface area contributed by atoms with Crippen LogP contribution in [-0.4, -0.2) is 32.6 Å². The molecule has 1 aromatic carbocycles. The highest BCUT2D eigenvalue weighted by molar-refractivity contribution is 9.10. The number of benzene rings is 1. The normalized spacial score (nSPS) is 22.6. The van der Waals surface area contributed by atoms with Crippen molar-refractivity contribution in [2.45, 2.75) is 90.1 Å². The van der Waals surface area contributed by atoms with E-state index in [1.165, 1.54) is 38.5 Å². The lowest BCUT2D eigenvalue weighted by atomic mass is 9.94. The Morgan fingerprint density at radius 2 is 1.71 bits per heavy atom. The molecule has 2 heterocycles. The summed E-state index contributed by atoms with van der Waals surface area (Å²) in [6.07, 6.45) is 14.0. The van der Waals surface area contributed by atoms with E-state index >= 15 is 0 Å². The predicted octanol–water partition coefficient (Wildman–Crippen LogP) is 8.45. The Morgan fingerprint density at radius 1 is 1.03 bits per heavy atom. The van der Waals surface area contributed by atoms with E-state index in [9.17, 15) is 4.79 Å². The molecular weight excluding hydrogens is 542 g/mol. The fraction of sp³-hybridized carbons (Fsp3) is 0.500. The summed E-state index contributed by atoms with van der Waals surface area (Å²) in [5, 5.41) is 1.62. The number of hydrogen-bond donors (Lipinski definition) is 0. The smallest absolute Gasteiger partial charge is 0.267 e. The molecule has 0 atom stereocenters. The Balaban J connectivity index is 1.48. The van der Waals surface area contributed by atoms with Gasteiger partial charge in [0.15, 0.2) is 5.17 Å². The molecule has 2 saturated carbocycles. The third-order valence-corrected chi connectivity index (χ3v) is 9.79. The fourth-order valence-electron chi connectivity index (χ4n) is 5.70. The third kappa shape index (κ3) is 5.30. The van der Waals surface area contributed by atoms with Crippen LogP contribution in [0.1, 0.15) is 81.2 Å². The first-order valence-corrected chi connectivity index (χ1v) is 14.9. The molecule has 0 spiro atoms. The second-order valence-corrected chi connectivity index (χ2v) is 12.3. The largest absolute Gasteiger partial charge is 0.318 e. The Kier molecular flexibility index (Phi) is 7.81. The molecule has 0 bridgehead atoms. The number of aliphatic imine (C=N–C) groups is 1. The van der Waals surface area contributed by atoms with E-state index in [0.717, 1.165) is 62.9 Å². The van der Waals surface area contributed by atoms with Crippen molar-refractivity contribution in [3.63, 3.8) is 0 Å². The number of amidine groups is 1. The lowest BCUT2D eigenvalue weighted by Gasteiger charge is -2.31. The molecule has 0 N–H and O–H groups in total. The molecule has 3 fully saturated rings. The van der Waals surface area contributed by atoms with Crippen molar-refractivity contribution in [3.05, 3.63) is 55.6 Å². The Labute approximate surface area is 226 Å². The number of hydrogen-bond acceptors (Lipinski definition) is 3. The van der Waals surface area contributed by atoms with E-state index in [1.54, 1.807) is 11.8 Å². The van der Waals surface area contributed by atoms with E-state index in [4.69, 9.17) is 16.6 Å². The van der Waals surface area contributed by atoms with Crippen LogP contribution in [0.2, 0.25) is 5.02 Å². The summed E-state index contributed by atoms with van der Waals surface area (Å²) in [6.45, 7) is 4.20. The highest BCUT2D eigenvalue weighted by atomic mass is 79.9. The van der Waals surface area contributed by atoms with Gasteiger partial charge in [0, 0.05) is 27.6 Å².